The largest absolute Gasteiger partial charge is 0.363 e. The molecule has 0 radical (unpaired) electrons. The van der Waals surface area contributed by atoms with Gasteiger partial charge in [0.05, 0.1) is 13.1 Å². The molecule has 0 spiro atoms. The van der Waals surface area contributed by atoms with E-state index in [1.807, 2.05) is 0 Å². The van der Waals surface area contributed by atoms with Gasteiger partial charge in [-0.05, 0) is 18.6 Å². The minimum absolute atomic E-state index is 0.156. The number of hydrogen-bond acceptors (Lipinski definition) is 3. The highest BCUT2D eigenvalue weighted by Crippen LogP contribution is 1.96. The summed E-state index contributed by atoms with van der Waals surface area (Å²) in [7, 11) is 0. The Bertz CT molecular complexity index is 265. The van der Waals surface area contributed by atoms with E-state index >= 15 is 0 Å². The first-order valence-electron chi connectivity index (χ1n) is 4.99. The van der Waals surface area contributed by atoms with Crippen LogP contribution in [0.3, 0.4) is 0 Å². The number of amides is 2. The van der Waals surface area contributed by atoms with Gasteiger partial charge in [-0.2, -0.15) is 0 Å². The van der Waals surface area contributed by atoms with E-state index in [0.717, 1.165) is 19.4 Å². The molecule has 0 aromatic rings. The van der Waals surface area contributed by atoms with Crippen molar-refractivity contribution in [3.63, 3.8) is 0 Å². The molecule has 1 rings (SSSR count). The van der Waals surface area contributed by atoms with E-state index in [9.17, 15) is 9.59 Å². The number of hydrogen-bond donors (Lipinski definition) is 2. The Morgan fingerprint density at radius 1 is 1.47 bits per heavy atom. The maximum atomic E-state index is 11.1. The van der Waals surface area contributed by atoms with Gasteiger partial charge in [-0.3, -0.25) is 14.9 Å². The number of rotatable bonds is 3. The number of unbranched alkanes of at least 4 members (excludes halogenated alkanes) is 1. The van der Waals surface area contributed by atoms with Crippen molar-refractivity contribution in [1.82, 2.24) is 15.5 Å². The summed E-state index contributed by atoms with van der Waals surface area (Å²) in [5.74, 6) is -0.600. The minimum Gasteiger partial charge on any atom is -0.363 e. The second kappa shape index (κ2) is 5.65. The number of thiocarbonyl (C=S) groups is 1. The Balaban J connectivity index is 2.38. The van der Waals surface area contributed by atoms with E-state index in [-0.39, 0.29) is 24.9 Å². The van der Waals surface area contributed by atoms with Gasteiger partial charge in [-0.1, -0.05) is 13.3 Å². The molecule has 5 nitrogen and oxygen atoms in total. The van der Waals surface area contributed by atoms with Gasteiger partial charge in [0.25, 0.3) is 0 Å². The van der Waals surface area contributed by atoms with Crippen molar-refractivity contribution >= 4 is 29.1 Å². The van der Waals surface area contributed by atoms with Crippen molar-refractivity contribution in [2.24, 2.45) is 0 Å². The van der Waals surface area contributed by atoms with E-state index in [2.05, 4.69) is 17.6 Å². The summed E-state index contributed by atoms with van der Waals surface area (Å²) < 4.78 is 0. The summed E-state index contributed by atoms with van der Waals surface area (Å²) >= 11 is 5.08. The fraction of sp³-hybridized carbons (Fsp3) is 0.667. The van der Waals surface area contributed by atoms with Gasteiger partial charge in [0, 0.05) is 6.54 Å². The van der Waals surface area contributed by atoms with Gasteiger partial charge in [-0.15, -0.1) is 0 Å². The van der Waals surface area contributed by atoms with Crippen LogP contribution in [0.15, 0.2) is 0 Å². The van der Waals surface area contributed by atoms with Crippen molar-refractivity contribution in [3.8, 4) is 0 Å². The zero-order chi connectivity index (χ0) is 11.3. The molecule has 6 heteroatoms. The first-order valence-corrected chi connectivity index (χ1v) is 5.39. The minimum atomic E-state index is -0.300. The maximum Gasteiger partial charge on any atom is 0.246 e. The molecular weight excluding hydrogens is 214 g/mol. The quantitative estimate of drug-likeness (QED) is 0.392. The van der Waals surface area contributed by atoms with Gasteiger partial charge in [0.15, 0.2) is 5.11 Å². The van der Waals surface area contributed by atoms with Crippen molar-refractivity contribution in [1.29, 1.82) is 0 Å². The van der Waals surface area contributed by atoms with Gasteiger partial charge < -0.3 is 10.2 Å². The standard InChI is InChI=1S/C9H15N3O2S/c1-2-3-4-10-9(15)12-5-7(13)11-8(14)6-12/h2-6H2,1H3,(H,10,15)(H,11,13,14). The van der Waals surface area contributed by atoms with Crippen LogP contribution >= 0.6 is 12.2 Å². The van der Waals surface area contributed by atoms with Crippen LogP contribution in [0.5, 0.6) is 0 Å². The van der Waals surface area contributed by atoms with Crippen LogP contribution in [0.25, 0.3) is 0 Å². The molecule has 0 saturated carbocycles. The number of nitrogens with one attached hydrogen (secondary N) is 2. The summed E-state index contributed by atoms with van der Waals surface area (Å²) in [4.78, 5) is 23.7. The lowest BCUT2D eigenvalue weighted by atomic mass is 10.3. The van der Waals surface area contributed by atoms with Crippen LogP contribution in [0.2, 0.25) is 0 Å². The average molecular weight is 229 g/mol. The molecule has 0 bridgehead atoms. The molecule has 1 aliphatic heterocycles. The van der Waals surface area contributed by atoms with Crippen LogP contribution in [0, 0.1) is 0 Å². The number of carbonyl (C=O) groups excluding carboxylic acids is 2. The number of carbonyl (C=O) groups is 2. The van der Waals surface area contributed by atoms with Gasteiger partial charge in [0.1, 0.15) is 0 Å². The molecule has 0 aromatic carbocycles. The Kier molecular flexibility index (Phi) is 4.48. The molecule has 0 atom stereocenters. The van der Waals surface area contributed by atoms with Crippen LogP contribution in [0.4, 0.5) is 0 Å². The SMILES string of the molecule is CCCCNC(=S)N1CC(=O)NC(=O)C1. The van der Waals surface area contributed by atoms with Crippen LogP contribution in [-0.4, -0.2) is 41.5 Å². The first kappa shape index (κ1) is 11.9. The van der Waals surface area contributed by atoms with Crippen molar-refractivity contribution in [3.05, 3.63) is 0 Å². The lowest BCUT2D eigenvalue weighted by Crippen LogP contribution is -2.55. The van der Waals surface area contributed by atoms with Crippen LogP contribution in [-0.2, 0) is 9.59 Å². The Hall–Kier alpha value is -1.17. The molecule has 15 heavy (non-hydrogen) atoms. The Morgan fingerprint density at radius 3 is 2.60 bits per heavy atom. The lowest BCUT2D eigenvalue weighted by molar-refractivity contribution is -0.134. The summed E-state index contributed by atoms with van der Waals surface area (Å²) in [5, 5.41) is 5.72. The van der Waals surface area contributed by atoms with Crippen LogP contribution < -0.4 is 10.6 Å². The lowest BCUT2D eigenvalue weighted by Gasteiger charge is -2.27. The second-order valence-electron chi connectivity index (χ2n) is 3.41. The molecule has 1 fully saturated rings. The Labute approximate surface area is 94.2 Å². The predicted octanol–water partition coefficient (Wildman–Crippen LogP) is -0.381. The maximum absolute atomic E-state index is 11.1. The normalized spacial score (nSPS) is 16.2. The summed E-state index contributed by atoms with van der Waals surface area (Å²) in [6.07, 6.45) is 2.10. The average Bonchev–Trinajstić information content (AvgIpc) is 2.16. The number of nitrogens with zero attached hydrogens (tertiary/aromatic N) is 1. The molecule has 2 N–H and O–H groups in total. The Morgan fingerprint density at radius 2 is 2.07 bits per heavy atom. The van der Waals surface area contributed by atoms with Crippen molar-refractivity contribution < 1.29 is 9.59 Å². The number of piperazine rings is 1. The highest BCUT2D eigenvalue weighted by Gasteiger charge is 2.23. The molecule has 84 valence electrons. The second-order valence-corrected chi connectivity index (χ2v) is 3.80. The molecule has 2 amide bonds. The molecule has 0 aromatic heterocycles. The number of imide groups is 1. The molecule has 0 aliphatic carbocycles. The molecule has 1 saturated heterocycles. The van der Waals surface area contributed by atoms with E-state index in [4.69, 9.17) is 12.2 Å². The third-order valence-electron chi connectivity index (χ3n) is 2.04. The van der Waals surface area contributed by atoms with E-state index in [0.29, 0.717) is 5.11 Å². The van der Waals surface area contributed by atoms with Crippen molar-refractivity contribution in [2.75, 3.05) is 19.6 Å². The highest BCUT2D eigenvalue weighted by atomic mass is 32.1. The molecular formula is C9H15N3O2S. The first-order chi connectivity index (χ1) is 7.13. The van der Waals surface area contributed by atoms with E-state index in [1.165, 1.54) is 0 Å². The third kappa shape index (κ3) is 3.83. The highest BCUT2D eigenvalue weighted by molar-refractivity contribution is 7.80. The smallest absolute Gasteiger partial charge is 0.246 e. The van der Waals surface area contributed by atoms with E-state index in [1.54, 1.807) is 4.90 Å². The zero-order valence-corrected chi connectivity index (χ0v) is 9.52. The topological polar surface area (TPSA) is 61.4 Å². The molecule has 0 unspecified atom stereocenters. The van der Waals surface area contributed by atoms with Gasteiger partial charge in [0.2, 0.25) is 11.8 Å². The molecule has 1 heterocycles. The predicted molar refractivity (Wildman–Crippen MR) is 60.2 cm³/mol. The van der Waals surface area contributed by atoms with Gasteiger partial charge in [-0.25, -0.2) is 0 Å². The fourth-order valence-corrected chi connectivity index (χ4v) is 1.50. The van der Waals surface area contributed by atoms with E-state index < -0.39 is 0 Å². The zero-order valence-electron chi connectivity index (χ0n) is 8.71. The molecule has 1 aliphatic rings. The monoisotopic (exact) mass is 229 g/mol. The van der Waals surface area contributed by atoms with Gasteiger partial charge >= 0.3 is 0 Å². The summed E-state index contributed by atoms with van der Waals surface area (Å²) in [5.41, 5.74) is 0. The summed E-state index contributed by atoms with van der Waals surface area (Å²) in [6.45, 7) is 3.18. The summed E-state index contributed by atoms with van der Waals surface area (Å²) in [6, 6.07) is 0. The van der Waals surface area contributed by atoms with Crippen molar-refractivity contribution in [2.45, 2.75) is 19.8 Å². The fourth-order valence-electron chi connectivity index (χ4n) is 1.26. The van der Waals surface area contributed by atoms with Crippen LogP contribution in [0.1, 0.15) is 19.8 Å². The third-order valence-corrected chi connectivity index (χ3v) is 2.44.